The van der Waals surface area contributed by atoms with Gasteiger partial charge in [0.05, 0.1) is 4.90 Å². The minimum absolute atomic E-state index is 0.0143. The molecule has 3 saturated heterocycles. The van der Waals surface area contributed by atoms with E-state index >= 15 is 0 Å². The maximum atomic E-state index is 13.4. The molecule has 6 nitrogen and oxygen atoms in total. The Morgan fingerprint density at radius 3 is 2.58 bits per heavy atom. The van der Waals surface area contributed by atoms with E-state index in [2.05, 4.69) is 5.32 Å². The second-order valence-corrected chi connectivity index (χ2v) is 9.45. The Balaban J connectivity index is 1.62. The summed E-state index contributed by atoms with van der Waals surface area (Å²) in [4.78, 5) is 15.7. The first-order valence-electron chi connectivity index (χ1n) is 9.69. The van der Waals surface area contributed by atoms with Crippen LogP contribution < -0.4 is 5.32 Å². The van der Waals surface area contributed by atoms with Crippen LogP contribution in [0.3, 0.4) is 0 Å². The molecule has 7 heteroatoms. The SMILES string of the molecule is O=C(C1CCCCN1S(=O)(=O)c1ccccc1)N1C2CCNCC1CC2. The summed E-state index contributed by atoms with van der Waals surface area (Å²) in [5.41, 5.74) is 0. The highest BCUT2D eigenvalue weighted by Crippen LogP contribution is 2.33. The van der Waals surface area contributed by atoms with E-state index in [0.29, 0.717) is 13.0 Å². The number of hydrogen-bond acceptors (Lipinski definition) is 4. The van der Waals surface area contributed by atoms with Gasteiger partial charge >= 0.3 is 0 Å². The minimum atomic E-state index is -3.65. The number of fused-ring (bicyclic) bond motifs is 2. The van der Waals surface area contributed by atoms with Crippen LogP contribution in [0, 0.1) is 0 Å². The Morgan fingerprint density at radius 2 is 1.77 bits per heavy atom. The molecule has 1 aromatic rings. The molecule has 0 radical (unpaired) electrons. The lowest BCUT2D eigenvalue weighted by molar-refractivity contribution is -0.138. The van der Waals surface area contributed by atoms with Crippen LogP contribution in [0.25, 0.3) is 0 Å². The maximum Gasteiger partial charge on any atom is 0.243 e. The predicted molar refractivity (Wildman–Crippen MR) is 99.1 cm³/mol. The lowest BCUT2D eigenvalue weighted by Crippen LogP contribution is -2.55. The van der Waals surface area contributed by atoms with Gasteiger partial charge in [0.15, 0.2) is 0 Å². The summed E-state index contributed by atoms with van der Waals surface area (Å²) in [7, 11) is -3.65. The first kappa shape index (κ1) is 17.9. The van der Waals surface area contributed by atoms with Crippen molar-refractivity contribution < 1.29 is 13.2 Å². The first-order chi connectivity index (χ1) is 12.6. The van der Waals surface area contributed by atoms with E-state index in [1.165, 1.54) is 4.31 Å². The number of amides is 1. The Bertz CT molecular complexity index is 739. The zero-order valence-electron chi connectivity index (χ0n) is 15.0. The van der Waals surface area contributed by atoms with Crippen LogP contribution >= 0.6 is 0 Å². The summed E-state index contributed by atoms with van der Waals surface area (Å²) in [5.74, 6) is 0.0143. The normalized spacial score (nSPS) is 30.2. The highest BCUT2D eigenvalue weighted by atomic mass is 32.2. The lowest BCUT2D eigenvalue weighted by atomic mass is 10.0. The van der Waals surface area contributed by atoms with Crippen molar-refractivity contribution in [1.29, 1.82) is 0 Å². The second kappa shape index (κ2) is 7.29. The Labute approximate surface area is 155 Å². The molecular weight excluding hydrogens is 350 g/mol. The van der Waals surface area contributed by atoms with Gasteiger partial charge in [-0.05, 0) is 50.8 Å². The predicted octanol–water partition coefficient (Wildman–Crippen LogP) is 1.58. The molecule has 0 spiro atoms. The van der Waals surface area contributed by atoms with Gasteiger partial charge in [-0.2, -0.15) is 4.31 Å². The molecule has 3 unspecified atom stereocenters. The number of piperidine rings is 1. The van der Waals surface area contributed by atoms with Crippen LogP contribution in [0.1, 0.15) is 38.5 Å². The third-order valence-corrected chi connectivity index (χ3v) is 7.92. The van der Waals surface area contributed by atoms with Crippen molar-refractivity contribution in [1.82, 2.24) is 14.5 Å². The summed E-state index contributed by atoms with van der Waals surface area (Å²) >= 11 is 0. The monoisotopic (exact) mass is 377 g/mol. The fourth-order valence-corrected chi connectivity index (χ4v) is 6.35. The third-order valence-electron chi connectivity index (χ3n) is 6.00. The molecule has 3 heterocycles. The zero-order chi connectivity index (χ0) is 18.1. The van der Waals surface area contributed by atoms with Gasteiger partial charge in [-0.25, -0.2) is 8.42 Å². The maximum absolute atomic E-state index is 13.4. The highest BCUT2D eigenvalue weighted by molar-refractivity contribution is 7.89. The van der Waals surface area contributed by atoms with Crippen LogP contribution in [0.5, 0.6) is 0 Å². The molecule has 1 N–H and O–H groups in total. The van der Waals surface area contributed by atoms with Gasteiger partial charge in [-0.1, -0.05) is 24.6 Å². The van der Waals surface area contributed by atoms with Crippen molar-refractivity contribution in [3.63, 3.8) is 0 Å². The molecule has 3 aliphatic rings. The quantitative estimate of drug-likeness (QED) is 0.868. The number of nitrogens with zero attached hydrogens (tertiary/aromatic N) is 2. The van der Waals surface area contributed by atoms with Crippen LogP contribution in [0.2, 0.25) is 0 Å². The largest absolute Gasteiger partial charge is 0.334 e. The average Bonchev–Trinajstić information content (AvgIpc) is 2.94. The van der Waals surface area contributed by atoms with Crippen molar-refractivity contribution in [2.45, 2.75) is 61.5 Å². The molecule has 0 saturated carbocycles. The van der Waals surface area contributed by atoms with Crippen molar-refractivity contribution in [2.24, 2.45) is 0 Å². The van der Waals surface area contributed by atoms with E-state index < -0.39 is 16.1 Å². The van der Waals surface area contributed by atoms with E-state index in [-0.39, 0.29) is 22.9 Å². The summed E-state index contributed by atoms with van der Waals surface area (Å²) in [6.07, 6.45) is 5.34. The molecule has 3 atom stereocenters. The molecule has 4 rings (SSSR count). The minimum Gasteiger partial charge on any atom is -0.334 e. The summed E-state index contributed by atoms with van der Waals surface area (Å²) in [6.45, 7) is 2.18. The van der Waals surface area contributed by atoms with Crippen LogP contribution in [0.15, 0.2) is 35.2 Å². The van der Waals surface area contributed by atoms with Crippen molar-refractivity contribution in [3.05, 3.63) is 30.3 Å². The van der Waals surface area contributed by atoms with Gasteiger partial charge in [-0.3, -0.25) is 4.79 Å². The van der Waals surface area contributed by atoms with Crippen LogP contribution in [-0.4, -0.2) is 61.3 Å². The summed E-state index contributed by atoms with van der Waals surface area (Å²) in [5, 5.41) is 3.41. The van der Waals surface area contributed by atoms with Gasteiger partial charge in [0.1, 0.15) is 6.04 Å². The molecule has 3 aliphatic heterocycles. The Hall–Kier alpha value is -1.44. The topological polar surface area (TPSA) is 69.7 Å². The zero-order valence-corrected chi connectivity index (χ0v) is 15.8. The Kier molecular flexibility index (Phi) is 5.03. The molecule has 1 aromatic carbocycles. The molecule has 0 aromatic heterocycles. The standard InChI is InChI=1S/C19H27N3O3S/c23-19(22-15-9-10-16(22)14-20-12-11-15)18-8-4-5-13-21(18)26(24,25)17-6-2-1-3-7-17/h1-3,6-7,15-16,18,20H,4-5,8-14H2. The highest BCUT2D eigenvalue weighted by Gasteiger charge is 2.45. The van der Waals surface area contributed by atoms with E-state index in [0.717, 1.165) is 45.2 Å². The smallest absolute Gasteiger partial charge is 0.243 e. The van der Waals surface area contributed by atoms with Crippen molar-refractivity contribution >= 4 is 15.9 Å². The number of carbonyl (C=O) groups excluding carboxylic acids is 1. The molecule has 3 fully saturated rings. The fourth-order valence-electron chi connectivity index (χ4n) is 4.68. The summed E-state index contributed by atoms with van der Waals surface area (Å²) in [6, 6.07) is 8.40. The van der Waals surface area contributed by atoms with Gasteiger partial charge in [0.25, 0.3) is 0 Å². The fraction of sp³-hybridized carbons (Fsp3) is 0.632. The molecule has 0 aliphatic carbocycles. The van der Waals surface area contributed by atoms with E-state index in [1.807, 2.05) is 4.90 Å². The van der Waals surface area contributed by atoms with E-state index in [1.54, 1.807) is 30.3 Å². The van der Waals surface area contributed by atoms with Crippen LogP contribution in [0.4, 0.5) is 0 Å². The van der Waals surface area contributed by atoms with E-state index in [4.69, 9.17) is 0 Å². The molecule has 2 bridgehead atoms. The number of sulfonamides is 1. The third kappa shape index (κ3) is 3.17. The number of carbonyl (C=O) groups is 1. The van der Waals surface area contributed by atoms with Crippen molar-refractivity contribution in [3.8, 4) is 0 Å². The molecule has 26 heavy (non-hydrogen) atoms. The van der Waals surface area contributed by atoms with Gasteiger partial charge in [-0.15, -0.1) is 0 Å². The van der Waals surface area contributed by atoms with Crippen molar-refractivity contribution in [2.75, 3.05) is 19.6 Å². The van der Waals surface area contributed by atoms with Crippen LogP contribution in [-0.2, 0) is 14.8 Å². The number of nitrogens with one attached hydrogen (secondary N) is 1. The first-order valence-corrected chi connectivity index (χ1v) is 11.1. The Morgan fingerprint density at radius 1 is 1.00 bits per heavy atom. The van der Waals surface area contributed by atoms with Gasteiger partial charge in [0.2, 0.25) is 15.9 Å². The molecule has 142 valence electrons. The number of hydrogen-bond donors (Lipinski definition) is 1. The summed E-state index contributed by atoms with van der Waals surface area (Å²) < 4.78 is 27.8. The number of benzene rings is 1. The van der Waals surface area contributed by atoms with E-state index in [9.17, 15) is 13.2 Å². The van der Waals surface area contributed by atoms with Gasteiger partial charge < -0.3 is 10.2 Å². The lowest BCUT2D eigenvalue weighted by Gasteiger charge is -2.38. The number of rotatable bonds is 3. The molecular formula is C19H27N3O3S. The molecule has 1 amide bonds. The average molecular weight is 378 g/mol. The van der Waals surface area contributed by atoms with Gasteiger partial charge in [0, 0.05) is 25.2 Å². The second-order valence-electron chi connectivity index (χ2n) is 7.56.